The lowest BCUT2D eigenvalue weighted by Gasteiger charge is -2.14. The van der Waals surface area contributed by atoms with Gasteiger partial charge in [0.25, 0.3) is 5.91 Å². The fourth-order valence-corrected chi connectivity index (χ4v) is 2.00. The number of aromatic nitrogens is 2. The number of hydrogen-bond donors (Lipinski definition) is 2. The predicted molar refractivity (Wildman–Crippen MR) is 83.6 cm³/mol. The first-order valence-electron chi connectivity index (χ1n) is 7.32. The molecule has 0 aliphatic carbocycles. The normalized spacial score (nSPS) is 12.0. The molecule has 1 heterocycles. The molecule has 0 fully saturated rings. The first-order valence-corrected chi connectivity index (χ1v) is 7.32. The maximum absolute atomic E-state index is 12.1. The van der Waals surface area contributed by atoms with Crippen molar-refractivity contribution in [3.63, 3.8) is 0 Å². The molecular formula is C16H21N3O3. The summed E-state index contributed by atoms with van der Waals surface area (Å²) in [4.78, 5) is 12.1. The first-order chi connectivity index (χ1) is 10.6. The van der Waals surface area contributed by atoms with Crippen LogP contribution in [0.2, 0.25) is 0 Å². The number of rotatable bonds is 7. The molecule has 1 atom stereocenters. The number of ether oxygens (including phenoxy) is 1. The van der Waals surface area contributed by atoms with Crippen molar-refractivity contribution in [1.29, 1.82) is 0 Å². The third-order valence-corrected chi connectivity index (χ3v) is 3.12. The Labute approximate surface area is 129 Å². The second kappa shape index (κ2) is 7.61. The van der Waals surface area contributed by atoms with Crippen LogP contribution < -0.4 is 10.1 Å². The Morgan fingerprint density at radius 2 is 2.32 bits per heavy atom. The molecule has 2 aromatic rings. The number of benzene rings is 1. The third kappa shape index (κ3) is 4.33. The quantitative estimate of drug-likeness (QED) is 0.822. The average molecular weight is 303 g/mol. The fraction of sp³-hybridized carbons (Fsp3) is 0.375. The molecule has 118 valence electrons. The van der Waals surface area contributed by atoms with E-state index in [2.05, 4.69) is 17.3 Å². The van der Waals surface area contributed by atoms with Gasteiger partial charge in [-0.3, -0.25) is 9.48 Å². The number of nitrogens with one attached hydrogen (secondary N) is 1. The average Bonchev–Trinajstić information content (AvgIpc) is 2.95. The van der Waals surface area contributed by atoms with Crippen molar-refractivity contribution in [1.82, 2.24) is 9.78 Å². The van der Waals surface area contributed by atoms with Crippen molar-refractivity contribution in [3.8, 4) is 5.75 Å². The Balaban J connectivity index is 1.93. The lowest BCUT2D eigenvalue weighted by Crippen LogP contribution is -2.30. The van der Waals surface area contributed by atoms with E-state index in [1.54, 1.807) is 48.3 Å². The van der Waals surface area contributed by atoms with E-state index >= 15 is 0 Å². The molecule has 0 saturated carbocycles. The van der Waals surface area contributed by atoms with Crippen molar-refractivity contribution in [3.05, 3.63) is 42.2 Å². The summed E-state index contributed by atoms with van der Waals surface area (Å²) in [6.45, 7) is 4.50. The summed E-state index contributed by atoms with van der Waals surface area (Å²) in [6.07, 6.45) is 3.74. The molecule has 0 radical (unpaired) electrons. The minimum atomic E-state index is -0.650. The SMILES string of the molecule is CCCn1cc(NC(=O)C(C)Oc2cccc(CO)c2)cn1. The van der Waals surface area contributed by atoms with E-state index in [0.29, 0.717) is 11.4 Å². The molecule has 6 nitrogen and oxygen atoms in total. The number of carbonyl (C=O) groups excluding carboxylic acids is 1. The molecular weight excluding hydrogens is 282 g/mol. The van der Waals surface area contributed by atoms with Gasteiger partial charge >= 0.3 is 0 Å². The van der Waals surface area contributed by atoms with Crippen LogP contribution in [-0.2, 0) is 17.9 Å². The monoisotopic (exact) mass is 303 g/mol. The highest BCUT2D eigenvalue weighted by Crippen LogP contribution is 2.16. The summed E-state index contributed by atoms with van der Waals surface area (Å²) in [5.41, 5.74) is 1.39. The van der Waals surface area contributed by atoms with Gasteiger partial charge in [0.1, 0.15) is 5.75 Å². The number of nitrogens with zero attached hydrogens (tertiary/aromatic N) is 2. The summed E-state index contributed by atoms with van der Waals surface area (Å²) >= 11 is 0. The number of aliphatic hydroxyl groups is 1. The van der Waals surface area contributed by atoms with Gasteiger partial charge in [0, 0.05) is 12.7 Å². The minimum Gasteiger partial charge on any atom is -0.481 e. The van der Waals surface area contributed by atoms with Gasteiger partial charge in [-0.15, -0.1) is 0 Å². The van der Waals surface area contributed by atoms with Crippen molar-refractivity contribution in [2.24, 2.45) is 0 Å². The molecule has 1 aromatic carbocycles. The molecule has 2 rings (SSSR count). The van der Waals surface area contributed by atoms with E-state index in [1.807, 2.05) is 0 Å². The van der Waals surface area contributed by atoms with E-state index < -0.39 is 6.10 Å². The third-order valence-electron chi connectivity index (χ3n) is 3.12. The van der Waals surface area contributed by atoms with Gasteiger partial charge in [0.2, 0.25) is 0 Å². The number of carbonyl (C=O) groups is 1. The Bertz CT molecular complexity index is 625. The molecule has 2 N–H and O–H groups in total. The Morgan fingerprint density at radius 3 is 3.05 bits per heavy atom. The number of aliphatic hydroxyl groups excluding tert-OH is 1. The van der Waals surface area contributed by atoms with E-state index in [1.165, 1.54) is 0 Å². The topological polar surface area (TPSA) is 76.4 Å². The fourth-order valence-electron chi connectivity index (χ4n) is 2.00. The zero-order valence-corrected chi connectivity index (χ0v) is 12.8. The van der Waals surface area contributed by atoms with Crippen LogP contribution in [0, 0.1) is 0 Å². The number of aryl methyl sites for hydroxylation is 1. The summed E-state index contributed by atoms with van der Waals surface area (Å²) < 4.78 is 7.38. The maximum Gasteiger partial charge on any atom is 0.265 e. The maximum atomic E-state index is 12.1. The zero-order chi connectivity index (χ0) is 15.9. The number of anilines is 1. The Morgan fingerprint density at radius 1 is 1.50 bits per heavy atom. The largest absolute Gasteiger partial charge is 0.481 e. The van der Waals surface area contributed by atoms with Gasteiger partial charge in [-0.1, -0.05) is 19.1 Å². The Kier molecular flexibility index (Phi) is 5.55. The van der Waals surface area contributed by atoms with E-state index in [-0.39, 0.29) is 12.5 Å². The van der Waals surface area contributed by atoms with Crippen LogP contribution in [0.25, 0.3) is 0 Å². The van der Waals surface area contributed by atoms with Crippen LogP contribution in [0.5, 0.6) is 5.75 Å². The van der Waals surface area contributed by atoms with Crippen molar-refractivity contribution in [2.45, 2.75) is 39.5 Å². The van der Waals surface area contributed by atoms with E-state index in [4.69, 9.17) is 9.84 Å². The highest BCUT2D eigenvalue weighted by atomic mass is 16.5. The molecule has 0 spiro atoms. The second-order valence-electron chi connectivity index (χ2n) is 5.05. The summed E-state index contributed by atoms with van der Waals surface area (Å²) in [5.74, 6) is 0.307. The number of amides is 1. The summed E-state index contributed by atoms with van der Waals surface area (Å²) in [5, 5.41) is 16.0. The lowest BCUT2D eigenvalue weighted by atomic mass is 10.2. The smallest absolute Gasteiger partial charge is 0.265 e. The minimum absolute atomic E-state index is 0.0611. The molecule has 0 aliphatic heterocycles. The molecule has 0 bridgehead atoms. The van der Waals surface area contributed by atoms with Crippen molar-refractivity contribution in [2.75, 3.05) is 5.32 Å². The van der Waals surface area contributed by atoms with Gasteiger partial charge < -0.3 is 15.2 Å². The Hall–Kier alpha value is -2.34. The van der Waals surface area contributed by atoms with Gasteiger partial charge in [-0.25, -0.2) is 0 Å². The zero-order valence-electron chi connectivity index (χ0n) is 12.8. The highest BCUT2D eigenvalue weighted by molar-refractivity contribution is 5.93. The van der Waals surface area contributed by atoms with E-state index in [0.717, 1.165) is 18.5 Å². The molecule has 1 unspecified atom stereocenters. The first kappa shape index (κ1) is 16.0. The van der Waals surface area contributed by atoms with Crippen molar-refractivity contribution >= 4 is 11.6 Å². The summed E-state index contributed by atoms with van der Waals surface area (Å²) in [6, 6.07) is 7.03. The summed E-state index contributed by atoms with van der Waals surface area (Å²) in [7, 11) is 0. The molecule has 22 heavy (non-hydrogen) atoms. The highest BCUT2D eigenvalue weighted by Gasteiger charge is 2.15. The van der Waals surface area contributed by atoms with Crippen LogP contribution in [0.4, 0.5) is 5.69 Å². The molecule has 0 saturated heterocycles. The van der Waals surface area contributed by atoms with Crippen LogP contribution in [0.1, 0.15) is 25.8 Å². The van der Waals surface area contributed by atoms with Crippen molar-refractivity contribution < 1.29 is 14.6 Å². The van der Waals surface area contributed by atoms with E-state index in [9.17, 15) is 4.79 Å². The van der Waals surface area contributed by atoms with Crippen LogP contribution in [-0.4, -0.2) is 26.9 Å². The molecule has 0 aliphatic rings. The standard InChI is InChI=1S/C16H21N3O3/c1-3-7-19-10-14(9-17-19)18-16(21)12(2)22-15-6-4-5-13(8-15)11-20/h4-6,8-10,12,20H,3,7,11H2,1-2H3,(H,18,21). The number of hydrogen-bond acceptors (Lipinski definition) is 4. The van der Waals surface area contributed by atoms with Crippen LogP contribution >= 0.6 is 0 Å². The van der Waals surface area contributed by atoms with Gasteiger partial charge in [-0.05, 0) is 31.0 Å². The van der Waals surface area contributed by atoms with Crippen LogP contribution in [0.15, 0.2) is 36.7 Å². The molecule has 6 heteroatoms. The predicted octanol–water partition coefficient (Wildman–Crippen LogP) is 2.19. The molecule has 1 aromatic heterocycles. The van der Waals surface area contributed by atoms with Crippen LogP contribution in [0.3, 0.4) is 0 Å². The second-order valence-corrected chi connectivity index (χ2v) is 5.05. The van der Waals surface area contributed by atoms with Gasteiger partial charge in [-0.2, -0.15) is 5.10 Å². The van der Waals surface area contributed by atoms with Gasteiger partial charge in [0.15, 0.2) is 6.10 Å². The van der Waals surface area contributed by atoms with Gasteiger partial charge in [0.05, 0.1) is 18.5 Å². The lowest BCUT2D eigenvalue weighted by molar-refractivity contribution is -0.122. The molecule has 1 amide bonds.